The van der Waals surface area contributed by atoms with Crippen LogP contribution in [0.15, 0.2) is 47.2 Å². The molecule has 1 atom stereocenters. The molecule has 1 aliphatic heterocycles. The molecule has 0 amide bonds. The van der Waals surface area contributed by atoms with Crippen LogP contribution >= 0.6 is 11.3 Å². The van der Waals surface area contributed by atoms with Crippen LogP contribution < -0.4 is 0 Å². The van der Waals surface area contributed by atoms with Gasteiger partial charge in [-0.2, -0.15) is 0 Å². The molecule has 0 aliphatic carbocycles. The fourth-order valence-corrected chi connectivity index (χ4v) is 5.74. The molecular formula is C21H25FN4O2S2. The van der Waals surface area contributed by atoms with Crippen LogP contribution in [0.3, 0.4) is 0 Å². The first-order valence-corrected chi connectivity index (χ1v) is 12.5. The summed E-state index contributed by atoms with van der Waals surface area (Å²) in [6.45, 7) is 4.84. The molecule has 0 bridgehead atoms. The Bertz CT molecular complexity index is 1110. The number of hydrogen-bond donors (Lipinski definition) is 0. The lowest BCUT2D eigenvalue weighted by Gasteiger charge is -2.23. The molecule has 1 aromatic carbocycles. The van der Waals surface area contributed by atoms with Crippen LogP contribution in [0, 0.1) is 5.82 Å². The Morgan fingerprint density at radius 2 is 2.03 bits per heavy atom. The van der Waals surface area contributed by atoms with Gasteiger partial charge < -0.3 is 4.57 Å². The molecule has 3 heterocycles. The lowest BCUT2D eigenvalue weighted by Crippen LogP contribution is -2.26. The highest BCUT2D eigenvalue weighted by Gasteiger charge is 2.31. The van der Waals surface area contributed by atoms with Crippen LogP contribution in [0.1, 0.15) is 49.0 Å². The zero-order chi connectivity index (χ0) is 21.3. The summed E-state index contributed by atoms with van der Waals surface area (Å²) >= 11 is 1.64. The largest absolute Gasteiger partial charge is 0.313 e. The molecule has 1 fully saturated rings. The van der Waals surface area contributed by atoms with Crippen LogP contribution in [0.25, 0.3) is 0 Å². The first-order chi connectivity index (χ1) is 14.4. The molecule has 0 spiro atoms. The number of sulfone groups is 1. The quantitative estimate of drug-likeness (QED) is 0.546. The van der Waals surface area contributed by atoms with E-state index in [1.165, 1.54) is 6.07 Å². The van der Waals surface area contributed by atoms with E-state index < -0.39 is 15.1 Å². The molecule has 1 saturated heterocycles. The van der Waals surface area contributed by atoms with Gasteiger partial charge >= 0.3 is 0 Å². The Labute approximate surface area is 180 Å². The van der Waals surface area contributed by atoms with Crippen molar-refractivity contribution in [1.82, 2.24) is 19.4 Å². The SMILES string of the molecule is CC(C)S(=O)(=O)c1ncc(CN2CCC[C@H]2c2nccs2)n1Cc1ccccc1F. The molecule has 0 N–H and O–H groups in total. The first kappa shape index (κ1) is 21.1. The maximum absolute atomic E-state index is 14.4. The van der Waals surface area contributed by atoms with Gasteiger partial charge in [-0.15, -0.1) is 11.3 Å². The van der Waals surface area contributed by atoms with Crippen LogP contribution in [0.4, 0.5) is 4.39 Å². The van der Waals surface area contributed by atoms with Gasteiger partial charge in [-0.05, 0) is 39.3 Å². The number of thiazole rings is 1. The fraction of sp³-hybridized carbons (Fsp3) is 0.429. The molecule has 9 heteroatoms. The third kappa shape index (κ3) is 4.06. The first-order valence-electron chi connectivity index (χ1n) is 10.0. The minimum atomic E-state index is -3.61. The van der Waals surface area contributed by atoms with Gasteiger partial charge in [-0.3, -0.25) is 4.90 Å². The minimum Gasteiger partial charge on any atom is -0.313 e. The lowest BCUT2D eigenvalue weighted by atomic mass is 10.2. The summed E-state index contributed by atoms with van der Waals surface area (Å²) in [6.07, 6.45) is 5.51. The standard InChI is InChI=1S/C21H25FN4O2S2/c1-15(2)30(27,28)21-24-12-17(26(21)13-16-6-3-4-7-18(16)22)14-25-10-5-8-19(25)20-23-9-11-29-20/h3-4,6-7,9,11-12,15,19H,5,8,10,13-14H2,1-2H3/t19-/m0/s1. The third-order valence-electron chi connectivity index (χ3n) is 5.53. The summed E-state index contributed by atoms with van der Waals surface area (Å²) in [5.41, 5.74) is 1.20. The van der Waals surface area contributed by atoms with Crippen molar-refractivity contribution in [3.8, 4) is 0 Å². The summed E-state index contributed by atoms with van der Waals surface area (Å²) in [4.78, 5) is 11.1. The van der Waals surface area contributed by atoms with E-state index in [4.69, 9.17) is 0 Å². The van der Waals surface area contributed by atoms with Crippen molar-refractivity contribution in [3.63, 3.8) is 0 Å². The number of rotatable bonds is 7. The van der Waals surface area contributed by atoms with Crippen LogP contribution in [-0.2, 0) is 22.9 Å². The Morgan fingerprint density at radius 1 is 1.23 bits per heavy atom. The topological polar surface area (TPSA) is 68.1 Å². The smallest absolute Gasteiger partial charge is 0.228 e. The van der Waals surface area contributed by atoms with Gasteiger partial charge in [0.25, 0.3) is 0 Å². The van der Waals surface area contributed by atoms with Gasteiger partial charge in [0, 0.05) is 23.7 Å². The van der Waals surface area contributed by atoms with Crippen molar-refractivity contribution in [2.75, 3.05) is 6.54 Å². The highest BCUT2D eigenvalue weighted by atomic mass is 32.2. The summed E-state index contributed by atoms with van der Waals surface area (Å²) in [5, 5.41) is 2.44. The molecular weight excluding hydrogens is 423 g/mol. The van der Waals surface area contributed by atoms with Gasteiger partial charge in [0.2, 0.25) is 15.0 Å². The molecule has 3 aromatic rings. The van der Waals surface area contributed by atoms with Crippen LogP contribution in [0.2, 0.25) is 0 Å². The second kappa shape index (κ2) is 8.56. The molecule has 4 rings (SSSR count). The minimum absolute atomic E-state index is 0.000693. The summed E-state index contributed by atoms with van der Waals surface area (Å²) < 4.78 is 41.9. The Balaban J connectivity index is 1.71. The van der Waals surface area contributed by atoms with Gasteiger partial charge in [0.1, 0.15) is 10.8 Å². The molecule has 0 saturated carbocycles. The van der Waals surface area contributed by atoms with Crippen LogP contribution in [0.5, 0.6) is 0 Å². The normalized spacial score (nSPS) is 17.8. The van der Waals surface area contributed by atoms with Crippen molar-refractivity contribution >= 4 is 21.2 Å². The van der Waals surface area contributed by atoms with E-state index in [0.29, 0.717) is 12.1 Å². The van der Waals surface area contributed by atoms with E-state index in [1.54, 1.807) is 54.1 Å². The van der Waals surface area contributed by atoms with E-state index in [-0.39, 0.29) is 23.6 Å². The lowest BCUT2D eigenvalue weighted by molar-refractivity contribution is 0.241. The predicted molar refractivity (Wildman–Crippen MR) is 115 cm³/mol. The van der Waals surface area contributed by atoms with Crippen molar-refractivity contribution in [2.45, 2.75) is 56.2 Å². The van der Waals surface area contributed by atoms with Gasteiger partial charge in [-0.1, -0.05) is 18.2 Å². The van der Waals surface area contributed by atoms with E-state index in [2.05, 4.69) is 14.9 Å². The average molecular weight is 449 g/mol. The number of aromatic nitrogens is 3. The van der Waals surface area contributed by atoms with Crippen LogP contribution in [-0.4, -0.2) is 39.6 Å². The second-order valence-corrected chi connectivity index (χ2v) is 11.1. The predicted octanol–water partition coefficient (Wildman–Crippen LogP) is 4.05. The van der Waals surface area contributed by atoms with Crippen molar-refractivity contribution < 1.29 is 12.8 Å². The van der Waals surface area contributed by atoms with Gasteiger partial charge in [-0.25, -0.2) is 22.8 Å². The maximum atomic E-state index is 14.4. The Morgan fingerprint density at radius 3 is 2.73 bits per heavy atom. The number of benzene rings is 1. The Hall–Kier alpha value is -2.10. The zero-order valence-corrected chi connectivity index (χ0v) is 18.7. The molecule has 30 heavy (non-hydrogen) atoms. The molecule has 6 nitrogen and oxygen atoms in total. The maximum Gasteiger partial charge on any atom is 0.228 e. The van der Waals surface area contributed by atoms with Crippen molar-refractivity contribution in [2.24, 2.45) is 0 Å². The molecule has 160 valence electrons. The molecule has 0 radical (unpaired) electrons. The van der Waals surface area contributed by atoms with E-state index in [0.717, 1.165) is 30.1 Å². The number of nitrogens with zero attached hydrogens (tertiary/aromatic N) is 4. The third-order valence-corrected chi connectivity index (χ3v) is 8.48. The number of halogens is 1. The average Bonchev–Trinajstić information content (AvgIpc) is 3.45. The van der Waals surface area contributed by atoms with Gasteiger partial charge in [0.05, 0.1) is 29.7 Å². The van der Waals surface area contributed by atoms with E-state index in [1.807, 2.05) is 11.6 Å². The van der Waals surface area contributed by atoms with Gasteiger partial charge in [0.15, 0.2) is 0 Å². The van der Waals surface area contributed by atoms with E-state index >= 15 is 0 Å². The summed E-state index contributed by atoms with van der Waals surface area (Å²) in [6, 6.07) is 6.67. The Kier molecular flexibility index (Phi) is 6.04. The number of hydrogen-bond acceptors (Lipinski definition) is 6. The highest BCUT2D eigenvalue weighted by Crippen LogP contribution is 2.34. The second-order valence-electron chi connectivity index (χ2n) is 7.80. The van der Waals surface area contributed by atoms with E-state index in [9.17, 15) is 12.8 Å². The highest BCUT2D eigenvalue weighted by molar-refractivity contribution is 7.91. The summed E-state index contributed by atoms with van der Waals surface area (Å²) in [7, 11) is -3.61. The number of likely N-dealkylation sites (tertiary alicyclic amines) is 1. The molecule has 1 aliphatic rings. The zero-order valence-electron chi connectivity index (χ0n) is 17.0. The summed E-state index contributed by atoms with van der Waals surface area (Å²) in [5.74, 6) is -0.355. The number of imidazole rings is 1. The monoisotopic (exact) mass is 448 g/mol. The van der Waals surface area contributed by atoms with Crippen molar-refractivity contribution in [3.05, 3.63) is 64.1 Å². The fourth-order valence-electron chi connectivity index (χ4n) is 3.82. The molecule has 0 unspecified atom stereocenters. The molecule has 2 aromatic heterocycles. The van der Waals surface area contributed by atoms with Crippen molar-refractivity contribution in [1.29, 1.82) is 0 Å².